The molecule has 1 heterocycles. The van der Waals surface area contributed by atoms with E-state index in [1.807, 2.05) is 26.0 Å². The standard InChI is InChI=1S/C19H25N3O4S/c1-3-4-11-26-16(23)12-15-18(25)20-9-10-22(15)19(27)21-17(24)14-7-5-13(2)6-8-14/h5-8,15H,3-4,9-12H2,1-2H3,(H,20,25)(H,21,24,27)/t15-/m1/s1. The van der Waals surface area contributed by atoms with Crippen molar-refractivity contribution in [3.05, 3.63) is 35.4 Å². The van der Waals surface area contributed by atoms with E-state index < -0.39 is 12.0 Å². The van der Waals surface area contributed by atoms with Gasteiger partial charge in [-0.15, -0.1) is 0 Å². The lowest BCUT2D eigenvalue weighted by Gasteiger charge is -2.36. The maximum atomic E-state index is 12.4. The third-order valence-electron chi connectivity index (χ3n) is 4.25. The third-order valence-corrected chi connectivity index (χ3v) is 4.58. The van der Waals surface area contributed by atoms with Crippen LogP contribution in [0.4, 0.5) is 0 Å². The quantitative estimate of drug-likeness (QED) is 0.435. The number of esters is 1. The minimum atomic E-state index is -0.793. The summed E-state index contributed by atoms with van der Waals surface area (Å²) in [4.78, 5) is 38.2. The molecule has 1 aromatic carbocycles. The van der Waals surface area contributed by atoms with Gasteiger partial charge in [-0.25, -0.2) is 0 Å². The van der Waals surface area contributed by atoms with E-state index in [0.717, 1.165) is 18.4 Å². The van der Waals surface area contributed by atoms with Gasteiger partial charge in [0, 0.05) is 18.7 Å². The molecule has 0 bridgehead atoms. The number of unbranched alkanes of at least 4 members (excludes halogenated alkanes) is 1. The summed E-state index contributed by atoms with van der Waals surface area (Å²) >= 11 is 5.33. The average Bonchev–Trinajstić information content (AvgIpc) is 2.64. The number of piperazine rings is 1. The van der Waals surface area contributed by atoms with Gasteiger partial charge in [-0.1, -0.05) is 31.0 Å². The van der Waals surface area contributed by atoms with E-state index in [1.54, 1.807) is 17.0 Å². The maximum Gasteiger partial charge on any atom is 0.308 e. The van der Waals surface area contributed by atoms with E-state index in [2.05, 4.69) is 10.6 Å². The molecule has 1 atom stereocenters. The number of hydrogen-bond acceptors (Lipinski definition) is 5. The second-order valence-electron chi connectivity index (χ2n) is 6.40. The molecule has 0 spiro atoms. The highest BCUT2D eigenvalue weighted by Gasteiger charge is 2.34. The molecule has 8 heteroatoms. The average molecular weight is 391 g/mol. The van der Waals surface area contributed by atoms with Crippen molar-refractivity contribution in [2.75, 3.05) is 19.7 Å². The first-order chi connectivity index (χ1) is 12.9. The fourth-order valence-electron chi connectivity index (χ4n) is 2.65. The van der Waals surface area contributed by atoms with Crippen LogP contribution in [0.15, 0.2) is 24.3 Å². The Balaban J connectivity index is 2.00. The summed E-state index contributed by atoms with van der Waals surface area (Å²) in [5, 5.41) is 5.49. The monoisotopic (exact) mass is 391 g/mol. The molecular weight excluding hydrogens is 366 g/mol. The zero-order valence-corrected chi connectivity index (χ0v) is 16.4. The summed E-state index contributed by atoms with van der Waals surface area (Å²) in [7, 11) is 0. The van der Waals surface area contributed by atoms with Crippen molar-refractivity contribution in [1.29, 1.82) is 0 Å². The molecule has 0 aromatic heterocycles. The van der Waals surface area contributed by atoms with Crippen LogP contribution in [0.25, 0.3) is 0 Å². The van der Waals surface area contributed by atoms with Crippen molar-refractivity contribution in [1.82, 2.24) is 15.5 Å². The molecule has 2 N–H and O–H groups in total. The van der Waals surface area contributed by atoms with Crippen LogP contribution in [0.5, 0.6) is 0 Å². The molecule has 2 amide bonds. The number of aryl methyl sites for hydroxylation is 1. The molecule has 1 aromatic rings. The zero-order chi connectivity index (χ0) is 19.8. The van der Waals surface area contributed by atoms with Crippen LogP contribution < -0.4 is 10.6 Å². The fourth-order valence-corrected chi connectivity index (χ4v) is 2.97. The number of ether oxygens (including phenoxy) is 1. The third kappa shape index (κ3) is 6.02. The number of hydrogen-bond donors (Lipinski definition) is 2. The molecule has 7 nitrogen and oxygen atoms in total. The maximum absolute atomic E-state index is 12.4. The van der Waals surface area contributed by atoms with Gasteiger partial charge >= 0.3 is 5.97 Å². The molecule has 27 heavy (non-hydrogen) atoms. The molecule has 0 aliphatic carbocycles. The van der Waals surface area contributed by atoms with Gasteiger partial charge in [-0.3, -0.25) is 19.7 Å². The topological polar surface area (TPSA) is 87.7 Å². The SMILES string of the molecule is CCCCOC(=O)C[C@@H]1C(=O)NCCN1C(=S)NC(=O)c1ccc(C)cc1. The number of nitrogens with one attached hydrogen (secondary N) is 2. The summed E-state index contributed by atoms with van der Waals surface area (Å²) < 4.78 is 5.15. The van der Waals surface area contributed by atoms with Crippen LogP contribution in [0.1, 0.15) is 42.1 Å². The van der Waals surface area contributed by atoms with Gasteiger partial charge in [0.15, 0.2) is 5.11 Å². The van der Waals surface area contributed by atoms with Gasteiger partial charge in [-0.05, 0) is 37.7 Å². The first kappa shape index (κ1) is 20.8. The fraction of sp³-hybridized carbons (Fsp3) is 0.474. The number of rotatable bonds is 6. The van der Waals surface area contributed by atoms with E-state index in [0.29, 0.717) is 25.3 Å². The smallest absolute Gasteiger partial charge is 0.308 e. The highest BCUT2D eigenvalue weighted by molar-refractivity contribution is 7.80. The second-order valence-corrected chi connectivity index (χ2v) is 6.79. The van der Waals surface area contributed by atoms with Crippen LogP contribution >= 0.6 is 12.2 Å². The molecule has 0 radical (unpaired) electrons. The van der Waals surface area contributed by atoms with Crippen molar-refractivity contribution in [3.63, 3.8) is 0 Å². The summed E-state index contributed by atoms with van der Waals surface area (Å²) in [6.45, 7) is 5.06. The number of carbonyl (C=O) groups excluding carboxylic acids is 3. The lowest BCUT2D eigenvalue weighted by Crippen LogP contribution is -2.60. The van der Waals surface area contributed by atoms with E-state index in [1.165, 1.54) is 0 Å². The van der Waals surface area contributed by atoms with Crippen LogP contribution in [-0.2, 0) is 14.3 Å². The normalized spacial score (nSPS) is 16.4. The first-order valence-corrected chi connectivity index (χ1v) is 9.45. The summed E-state index contributed by atoms with van der Waals surface area (Å²) in [6, 6.07) is 6.29. The van der Waals surface area contributed by atoms with Crippen LogP contribution in [0.2, 0.25) is 0 Å². The van der Waals surface area contributed by atoms with Crippen LogP contribution in [0.3, 0.4) is 0 Å². The Morgan fingerprint density at radius 1 is 1.33 bits per heavy atom. The van der Waals surface area contributed by atoms with Crippen molar-refractivity contribution in [2.24, 2.45) is 0 Å². The summed E-state index contributed by atoms with van der Waals surface area (Å²) in [6.07, 6.45) is 1.58. The first-order valence-electron chi connectivity index (χ1n) is 9.04. The van der Waals surface area contributed by atoms with Gasteiger partial charge in [0.05, 0.1) is 13.0 Å². The zero-order valence-electron chi connectivity index (χ0n) is 15.6. The Labute approximate surface area is 164 Å². The molecular formula is C19H25N3O4S. The van der Waals surface area contributed by atoms with Gasteiger partial charge in [0.2, 0.25) is 5.91 Å². The number of nitrogens with zero attached hydrogens (tertiary/aromatic N) is 1. The predicted octanol–water partition coefficient (Wildman–Crippen LogP) is 1.54. The Kier molecular flexibility index (Phi) is 7.72. The highest BCUT2D eigenvalue weighted by Crippen LogP contribution is 2.12. The molecule has 1 aliphatic rings. The van der Waals surface area contributed by atoms with Crippen molar-refractivity contribution in [3.8, 4) is 0 Å². The van der Waals surface area contributed by atoms with Crippen molar-refractivity contribution < 1.29 is 19.1 Å². The molecule has 0 unspecified atom stereocenters. The van der Waals surface area contributed by atoms with Gasteiger partial charge < -0.3 is 15.0 Å². The van der Waals surface area contributed by atoms with Gasteiger partial charge in [0.25, 0.3) is 5.91 Å². The Morgan fingerprint density at radius 2 is 2.04 bits per heavy atom. The Hall–Kier alpha value is -2.48. The second kappa shape index (κ2) is 10.0. The van der Waals surface area contributed by atoms with E-state index >= 15 is 0 Å². The molecule has 1 saturated heterocycles. The number of thiocarbonyl (C=S) groups is 1. The molecule has 1 aliphatic heterocycles. The van der Waals surface area contributed by atoms with Crippen LogP contribution in [-0.4, -0.2) is 53.5 Å². The number of amides is 2. The lowest BCUT2D eigenvalue weighted by molar-refractivity contribution is -0.147. The number of carbonyl (C=O) groups is 3. The van der Waals surface area contributed by atoms with E-state index in [-0.39, 0.29) is 23.3 Å². The molecule has 0 saturated carbocycles. The number of benzene rings is 1. The summed E-state index contributed by atoms with van der Waals surface area (Å²) in [5.41, 5.74) is 1.52. The van der Waals surface area contributed by atoms with Crippen LogP contribution in [0, 0.1) is 6.92 Å². The van der Waals surface area contributed by atoms with Crippen molar-refractivity contribution in [2.45, 2.75) is 39.2 Å². The minimum Gasteiger partial charge on any atom is -0.466 e. The van der Waals surface area contributed by atoms with Gasteiger partial charge in [-0.2, -0.15) is 0 Å². The largest absolute Gasteiger partial charge is 0.466 e. The van der Waals surface area contributed by atoms with Crippen molar-refractivity contribution >= 4 is 35.1 Å². The Bertz CT molecular complexity index is 705. The molecule has 2 rings (SSSR count). The predicted molar refractivity (Wildman–Crippen MR) is 105 cm³/mol. The molecule has 146 valence electrons. The van der Waals surface area contributed by atoms with E-state index in [4.69, 9.17) is 17.0 Å². The van der Waals surface area contributed by atoms with Gasteiger partial charge in [0.1, 0.15) is 6.04 Å². The molecule has 1 fully saturated rings. The highest BCUT2D eigenvalue weighted by atomic mass is 32.1. The summed E-state index contributed by atoms with van der Waals surface area (Å²) in [5.74, 6) is -1.11. The lowest BCUT2D eigenvalue weighted by atomic mass is 10.1. The Morgan fingerprint density at radius 3 is 2.70 bits per heavy atom. The van der Waals surface area contributed by atoms with E-state index in [9.17, 15) is 14.4 Å². The minimum absolute atomic E-state index is 0.115.